The maximum Gasteiger partial charge on any atom is 0.352 e. The van der Waals surface area contributed by atoms with Gasteiger partial charge in [0.25, 0.3) is 0 Å². The first-order valence-electron chi connectivity index (χ1n) is 10.5. The largest absolute Gasteiger partial charge is 0.352 e. The Kier molecular flexibility index (Phi) is 4.49. The number of fused-ring (bicyclic) bond motifs is 6. The van der Waals surface area contributed by atoms with Crippen molar-refractivity contribution < 1.29 is 4.79 Å². The Bertz CT molecular complexity index is 1040. The van der Waals surface area contributed by atoms with E-state index in [0.29, 0.717) is 11.9 Å². The molecule has 8 heteroatoms. The minimum absolute atomic E-state index is 0.0649. The highest BCUT2D eigenvalue weighted by molar-refractivity contribution is 6.13. The lowest BCUT2D eigenvalue weighted by Crippen LogP contribution is -2.44. The van der Waals surface area contributed by atoms with Gasteiger partial charge in [-0.15, -0.1) is 5.10 Å². The zero-order valence-corrected chi connectivity index (χ0v) is 16.7. The van der Waals surface area contributed by atoms with Crippen LogP contribution < -0.4 is 15.9 Å². The molecule has 1 aromatic heterocycles. The van der Waals surface area contributed by atoms with Gasteiger partial charge in [0, 0.05) is 24.7 Å². The number of rotatable bonds is 3. The van der Waals surface area contributed by atoms with Crippen molar-refractivity contribution >= 4 is 17.7 Å². The molecule has 3 aliphatic rings. The second kappa shape index (κ2) is 7.17. The molecule has 0 radical (unpaired) electrons. The van der Waals surface area contributed by atoms with E-state index in [0.717, 1.165) is 55.9 Å². The number of amides is 1. The zero-order valence-electron chi connectivity index (χ0n) is 16.7. The van der Waals surface area contributed by atoms with Crippen molar-refractivity contribution in [3.8, 4) is 5.69 Å². The van der Waals surface area contributed by atoms with Crippen LogP contribution in [0.1, 0.15) is 44.6 Å². The Hall–Kier alpha value is -2.90. The summed E-state index contributed by atoms with van der Waals surface area (Å²) in [5.74, 6) is 1.73. The standard InChI is InChI=1S/C21H26N6O2/c1-14-7-2-4-9-16(14)23-18(28)13-26-21(29)27-17-10-5-3-8-15(17)19-22-11-6-12-25(19)20(27)24-26/h3,5,8,10,14,16H,2,4,6-7,9,11-13H2,1H3,(H,23,28)/t14-,16-/m1/s1. The second-order valence-corrected chi connectivity index (χ2v) is 8.24. The van der Waals surface area contributed by atoms with Gasteiger partial charge < -0.3 is 5.32 Å². The highest BCUT2D eigenvalue weighted by Gasteiger charge is 2.33. The number of carbonyl (C=O) groups excluding carboxylic acids is 1. The Labute approximate surface area is 169 Å². The fourth-order valence-electron chi connectivity index (χ4n) is 4.69. The molecule has 1 amide bonds. The number of anilines is 1. The molecule has 5 rings (SSSR count). The molecule has 0 unspecified atom stereocenters. The van der Waals surface area contributed by atoms with Gasteiger partial charge in [-0.2, -0.15) is 0 Å². The maximum atomic E-state index is 13.2. The van der Waals surface area contributed by atoms with Crippen molar-refractivity contribution in [3.63, 3.8) is 0 Å². The van der Waals surface area contributed by atoms with E-state index in [1.54, 1.807) is 4.57 Å². The van der Waals surface area contributed by atoms with Crippen molar-refractivity contribution in [1.29, 1.82) is 0 Å². The van der Waals surface area contributed by atoms with Gasteiger partial charge in [-0.1, -0.05) is 31.9 Å². The first-order valence-corrected chi connectivity index (χ1v) is 10.5. The number of aromatic nitrogens is 3. The van der Waals surface area contributed by atoms with Crippen LogP contribution in [0.4, 0.5) is 5.95 Å². The van der Waals surface area contributed by atoms with Crippen molar-refractivity contribution in [2.45, 2.75) is 51.6 Å². The summed E-state index contributed by atoms with van der Waals surface area (Å²) < 4.78 is 2.89. The number of para-hydroxylation sites is 1. The molecule has 1 aliphatic carbocycles. The molecule has 1 saturated carbocycles. The predicted octanol–water partition coefficient (Wildman–Crippen LogP) is 1.70. The van der Waals surface area contributed by atoms with Gasteiger partial charge in [-0.25, -0.2) is 14.0 Å². The predicted molar refractivity (Wildman–Crippen MR) is 111 cm³/mol. The molecule has 2 aliphatic heterocycles. The van der Waals surface area contributed by atoms with Gasteiger partial charge >= 0.3 is 5.69 Å². The van der Waals surface area contributed by atoms with Crippen molar-refractivity contribution in [2.24, 2.45) is 10.9 Å². The van der Waals surface area contributed by atoms with E-state index in [4.69, 9.17) is 0 Å². The molecular formula is C21H26N6O2. The Balaban J connectivity index is 1.47. The lowest BCUT2D eigenvalue weighted by atomic mass is 9.86. The fraction of sp³-hybridized carbons (Fsp3) is 0.524. The van der Waals surface area contributed by atoms with Gasteiger partial charge in [0.2, 0.25) is 11.9 Å². The van der Waals surface area contributed by atoms with Gasteiger partial charge in [-0.3, -0.25) is 14.7 Å². The highest BCUT2D eigenvalue weighted by Crippen LogP contribution is 2.29. The van der Waals surface area contributed by atoms with Gasteiger partial charge in [0.05, 0.1) is 5.69 Å². The molecule has 0 bridgehead atoms. The number of hydrogen-bond acceptors (Lipinski definition) is 5. The topological polar surface area (TPSA) is 84.5 Å². The normalized spacial score (nSPS) is 22.9. The number of amidine groups is 1. The molecule has 3 heterocycles. The minimum Gasteiger partial charge on any atom is -0.351 e. The zero-order chi connectivity index (χ0) is 20.0. The minimum atomic E-state index is -0.288. The van der Waals surface area contributed by atoms with Crippen LogP contribution in [-0.2, 0) is 11.3 Å². The molecule has 1 fully saturated rings. The molecule has 0 spiro atoms. The highest BCUT2D eigenvalue weighted by atomic mass is 16.2. The van der Waals surface area contributed by atoms with E-state index in [9.17, 15) is 9.59 Å². The lowest BCUT2D eigenvalue weighted by Gasteiger charge is -2.33. The summed E-state index contributed by atoms with van der Waals surface area (Å²) in [6.45, 7) is 3.65. The van der Waals surface area contributed by atoms with Crippen LogP contribution in [-0.4, -0.2) is 45.2 Å². The van der Waals surface area contributed by atoms with E-state index >= 15 is 0 Å². The van der Waals surface area contributed by atoms with Crippen LogP contribution in [0.25, 0.3) is 5.69 Å². The van der Waals surface area contributed by atoms with Crippen LogP contribution in [0.2, 0.25) is 0 Å². The number of nitrogens with zero attached hydrogens (tertiary/aromatic N) is 5. The summed E-state index contributed by atoms with van der Waals surface area (Å²) in [5.41, 5.74) is 1.42. The number of nitrogens with one attached hydrogen (secondary N) is 1. The van der Waals surface area contributed by atoms with E-state index in [2.05, 4.69) is 22.3 Å². The summed E-state index contributed by atoms with van der Waals surface area (Å²) >= 11 is 0. The summed E-state index contributed by atoms with van der Waals surface area (Å²) in [6.07, 6.45) is 5.41. The lowest BCUT2D eigenvalue weighted by molar-refractivity contribution is -0.123. The monoisotopic (exact) mass is 394 g/mol. The third kappa shape index (κ3) is 3.07. The quantitative estimate of drug-likeness (QED) is 0.859. The van der Waals surface area contributed by atoms with E-state index in [-0.39, 0.29) is 24.2 Å². The average molecular weight is 394 g/mol. The maximum absolute atomic E-state index is 13.2. The number of aliphatic imine (C=N–C) groups is 1. The average Bonchev–Trinajstić information content (AvgIpc) is 3.06. The molecule has 1 N–H and O–H groups in total. The fourth-order valence-corrected chi connectivity index (χ4v) is 4.69. The SMILES string of the molecule is C[C@@H]1CCCC[C@H]1NC(=O)Cn1nc2n(c1=O)-c1ccccc1C1=NCCCN12. The summed E-state index contributed by atoms with van der Waals surface area (Å²) in [6, 6.07) is 7.93. The van der Waals surface area contributed by atoms with Crippen molar-refractivity contribution in [3.05, 3.63) is 40.3 Å². The molecule has 2 aromatic rings. The van der Waals surface area contributed by atoms with Crippen LogP contribution in [0, 0.1) is 5.92 Å². The van der Waals surface area contributed by atoms with E-state index in [1.165, 1.54) is 11.1 Å². The van der Waals surface area contributed by atoms with Gasteiger partial charge in [0.1, 0.15) is 12.4 Å². The number of benzene rings is 1. The van der Waals surface area contributed by atoms with Crippen LogP contribution in [0.5, 0.6) is 0 Å². The summed E-state index contributed by atoms with van der Waals surface area (Å²) in [4.78, 5) is 32.5. The molecule has 152 valence electrons. The molecular weight excluding hydrogens is 368 g/mol. The van der Waals surface area contributed by atoms with Crippen LogP contribution >= 0.6 is 0 Å². The van der Waals surface area contributed by atoms with Crippen molar-refractivity contribution in [1.82, 2.24) is 19.7 Å². The smallest absolute Gasteiger partial charge is 0.351 e. The number of hydrogen-bond donors (Lipinski definition) is 1. The molecule has 8 nitrogen and oxygen atoms in total. The first-order chi connectivity index (χ1) is 14.1. The third-order valence-corrected chi connectivity index (χ3v) is 6.26. The Morgan fingerprint density at radius 2 is 2.03 bits per heavy atom. The van der Waals surface area contributed by atoms with Gasteiger partial charge in [0.15, 0.2) is 0 Å². The third-order valence-electron chi connectivity index (χ3n) is 6.26. The second-order valence-electron chi connectivity index (χ2n) is 8.24. The Morgan fingerprint density at radius 1 is 1.21 bits per heavy atom. The summed E-state index contributed by atoms with van der Waals surface area (Å²) in [5, 5.41) is 7.65. The molecule has 0 saturated heterocycles. The van der Waals surface area contributed by atoms with Gasteiger partial charge in [-0.05, 0) is 37.3 Å². The molecule has 2 atom stereocenters. The molecule has 1 aromatic carbocycles. The van der Waals surface area contributed by atoms with Crippen LogP contribution in [0.3, 0.4) is 0 Å². The summed E-state index contributed by atoms with van der Waals surface area (Å²) in [7, 11) is 0. The molecule has 29 heavy (non-hydrogen) atoms. The first kappa shape index (κ1) is 18.1. The van der Waals surface area contributed by atoms with E-state index < -0.39 is 0 Å². The Morgan fingerprint density at radius 3 is 2.90 bits per heavy atom. The van der Waals surface area contributed by atoms with Crippen molar-refractivity contribution in [2.75, 3.05) is 18.0 Å². The van der Waals surface area contributed by atoms with E-state index in [1.807, 2.05) is 29.2 Å². The van der Waals surface area contributed by atoms with Crippen LogP contribution in [0.15, 0.2) is 34.1 Å². The number of carbonyl (C=O) groups is 1.